The van der Waals surface area contributed by atoms with Gasteiger partial charge in [-0.05, 0) is 75.9 Å². The Morgan fingerprint density at radius 2 is 1.73 bits per heavy atom. The van der Waals surface area contributed by atoms with Crippen molar-refractivity contribution in [1.82, 2.24) is 9.78 Å². The maximum absolute atomic E-state index is 12.7. The first-order valence-electron chi connectivity index (χ1n) is 10.1. The van der Waals surface area contributed by atoms with Crippen molar-refractivity contribution in [3.05, 3.63) is 110 Å². The van der Waals surface area contributed by atoms with Crippen LogP contribution in [0.25, 0.3) is 0 Å². The van der Waals surface area contributed by atoms with E-state index in [9.17, 15) is 4.79 Å². The highest BCUT2D eigenvalue weighted by atomic mass is 79.9. The topological polar surface area (TPSA) is 56.1 Å². The Kier molecular flexibility index (Phi) is 7.38. The first-order chi connectivity index (χ1) is 15.9. The second-order valence-electron chi connectivity index (χ2n) is 7.52. The van der Waals surface area contributed by atoms with Crippen molar-refractivity contribution in [1.29, 1.82) is 0 Å². The molecule has 1 N–H and O–H groups in total. The van der Waals surface area contributed by atoms with Crippen molar-refractivity contribution in [3.8, 4) is 5.75 Å². The summed E-state index contributed by atoms with van der Waals surface area (Å²) in [4.78, 5) is 12.7. The number of aryl methyl sites for hydroxylation is 1. The molecule has 33 heavy (non-hydrogen) atoms. The minimum absolute atomic E-state index is 0.248. The molecule has 8 heteroatoms. The van der Waals surface area contributed by atoms with Gasteiger partial charge in [-0.25, -0.2) is 0 Å². The van der Waals surface area contributed by atoms with Gasteiger partial charge in [0.15, 0.2) is 5.82 Å². The number of anilines is 1. The van der Waals surface area contributed by atoms with Crippen LogP contribution in [0.5, 0.6) is 5.75 Å². The molecule has 0 unspecified atom stereocenters. The van der Waals surface area contributed by atoms with Gasteiger partial charge in [-0.15, -0.1) is 0 Å². The van der Waals surface area contributed by atoms with E-state index >= 15 is 0 Å². The van der Waals surface area contributed by atoms with Crippen LogP contribution >= 0.6 is 39.1 Å². The van der Waals surface area contributed by atoms with Crippen molar-refractivity contribution in [2.45, 2.75) is 20.1 Å². The lowest BCUT2D eigenvalue weighted by Crippen LogP contribution is -2.13. The molecule has 0 aliphatic heterocycles. The van der Waals surface area contributed by atoms with Gasteiger partial charge in [0, 0.05) is 16.8 Å². The van der Waals surface area contributed by atoms with Gasteiger partial charge in [-0.3, -0.25) is 9.48 Å². The van der Waals surface area contributed by atoms with E-state index in [0.717, 1.165) is 16.7 Å². The summed E-state index contributed by atoms with van der Waals surface area (Å²) in [6.45, 7) is 2.90. The summed E-state index contributed by atoms with van der Waals surface area (Å²) in [6.07, 6.45) is 1.82. The number of aromatic nitrogens is 2. The second kappa shape index (κ2) is 10.4. The Bertz CT molecular complexity index is 1270. The highest BCUT2D eigenvalue weighted by Gasteiger charge is 2.13. The van der Waals surface area contributed by atoms with E-state index in [1.54, 1.807) is 16.8 Å². The third-order valence-corrected chi connectivity index (χ3v) is 6.05. The molecule has 168 valence electrons. The van der Waals surface area contributed by atoms with Gasteiger partial charge in [0.2, 0.25) is 0 Å². The predicted octanol–water partition coefficient (Wildman–Crippen LogP) is 7.14. The van der Waals surface area contributed by atoms with Gasteiger partial charge in [0.05, 0.1) is 16.0 Å². The number of nitrogens with one attached hydrogen (secondary N) is 1. The number of amides is 1. The van der Waals surface area contributed by atoms with Crippen LogP contribution < -0.4 is 10.1 Å². The Balaban J connectivity index is 1.37. The molecule has 0 saturated carbocycles. The molecular formula is C25H20BrCl2N3O2. The molecule has 0 fully saturated rings. The first-order valence-corrected chi connectivity index (χ1v) is 11.7. The fourth-order valence-electron chi connectivity index (χ4n) is 3.15. The Morgan fingerprint density at radius 3 is 2.45 bits per heavy atom. The SMILES string of the molecule is Cc1ccc(Cl)c(OCc2ccc(C(=O)Nc3nn(Cc4ccc(Cl)cc4)cc3Br)cc2)c1. The normalized spacial score (nSPS) is 10.8. The van der Waals surface area contributed by atoms with Crippen molar-refractivity contribution in [3.63, 3.8) is 0 Å². The number of carbonyl (C=O) groups is 1. The van der Waals surface area contributed by atoms with Crippen LogP contribution in [0, 0.1) is 6.92 Å². The maximum atomic E-state index is 12.7. The van der Waals surface area contributed by atoms with Gasteiger partial charge in [0.1, 0.15) is 12.4 Å². The van der Waals surface area contributed by atoms with E-state index < -0.39 is 0 Å². The quantitative estimate of drug-likeness (QED) is 0.269. The van der Waals surface area contributed by atoms with Crippen LogP contribution in [0.4, 0.5) is 5.82 Å². The molecule has 0 bridgehead atoms. The molecule has 0 radical (unpaired) electrons. The van der Waals surface area contributed by atoms with Gasteiger partial charge >= 0.3 is 0 Å². The maximum Gasteiger partial charge on any atom is 0.256 e. The van der Waals surface area contributed by atoms with Crippen molar-refractivity contribution >= 4 is 50.9 Å². The third kappa shape index (κ3) is 6.16. The van der Waals surface area contributed by atoms with Crippen LogP contribution in [0.1, 0.15) is 27.0 Å². The molecule has 1 heterocycles. The molecule has 1 aromatic heterocycles. The predicted molar refractivity (Wildman–Crippen MR) is 135 cm³/mol. The Labute approximate surface area is 210 Å². The highest BCUT2D eigenvalue weighted by Crippen LogP contribution is 2.26. The summed E-state index contributed by atoms with van der Waals surface area (Å²) in [7, 11) is 0. The minimum Gasteiger partial charge on any atom is -0.487 e. The number of ether oxygens (including phenoxy) is 1. The summed E-state index contributed by atoms with van der Waals surface area (Å²) < 4.78 is 8.26. The second-order valence-corrected chi connectivity index (χ2v) is 9.22. The Morgan fingerprint density at radius 1 is 1.03 bits per heavy atom. The van der Waals surface area contributed by atoms with E-state index in [4.69, 9.17) is 27.9 Å². The summed E-state index contributed by atoms with van der Waals surface area (Å²) >= 11 is 15.6. The largest absolute Gasteiger partial charge is 0.487 e. The number of carbonyl (C=O) groups excluding carboxylic acids is 1. The summed E-state index contributed by atoms with van der Waals surface area (Å²) in [5.41, 5.74) is 3.57. The number of benzene rings is 3. The third-order valence-electron chi connectivity index (χ3n) is 4.90. The number of hydrogen-bond acceptors (Lipinski definition) is 3. The molecule has 1 amide bonds. The Hall–Kier alpha value is -2.80. The van der Waals surface area contributed by atoms with Crippen LogP contribution in [-0.2, 0) is 13.2 Å². The standard InChI is InChI=1S/C25H20BrCl2N3O2/c1-16-2-11-22(28)23(12-16)33-15-18-3-7-19(8-4-18)25(32)29-24-21(26)14-31(30-24)13-17-5-9-20(27)10-6-17/h2-12,14H,13,15H2,1H3,(H,29,30,32). The molecule has 0 atom stereocenters. The fourth-order valence-corrected chi connectivity index (χ4v) is 3.87. The van der Waals surface area contributed by atoms with Gasteiger partial charge < -0.3 is 10.1 Å². The zero-order valence-electron chi connectivity index (χ0n) is 17.7. The van der Waals surface area contributed by atoms with Crippen LogP contribution in [0.2, 0.25) is 10.0 Å². The molecule has 5 nitrogen and oxygen atoms in total. The van der Waals surface area contributed by atoms with E-state index in [-0.39, 0.29) is 5.91 Å². The smallest absolute Gasteiger partial charge is 0.256 e. The number of halogens is 3. The van der Waals surface area contributed by atoms with Crippen molar-refractivity contribution in [2.24, 2.45) is 0 Å². The molecule has 0 aliphatic rings. The zero-order chi connectivity index (χ0) is 23.4. The van der Waals surface area contributed by atoms with Gasteiger partial charge in [0.25, 0.3) is 5.91 Å². The van der Waals surface area contributed by atoms with E-state index in [2.05, 4.69) is 26.3 Å². The van der Waals surface area contributed by atoms with Crippen LogP contribution in [0.3, 0.4) is 0 Å². The molecule has 0 spiro atoms. The van der Waals surface area contributed by atoms with Crippen molar-refractivity contribution in [2.75, 3.05) is 5.32 Å². The summed E-state index contributed by atoms with van der Waals surface area (Å²) in [5.74, 6) is 0.842. The van der Waals surface area contributed by atoms with E-state index in [1.807, 2.05) is 67.7 Å². The fraction of sp³-hybridized carbons (Fsp3) is 0.120. The van der Waals surface area contributed by atoms with Gasteiger partial charge in [-0.1, -0.05) is 53.5 Å². The summed E-state index contributed by atoms with van der Waals surface area (Å²) in [5, 5.41) is 8.56. The van der Waals surface area contributed by atoms with Crippen LogP contribution in [-0.4, -0.2) is 15.7 Å². The minimum atomic E-state index is -0.248. The average Bonchev–Trinajstić information content (AvgIpc) is 3.14. The first kappa shape index (κ1) is 23.4. The van der Waals surface area contributed by atoms with E-state index in [1.165, 1.54) is 0 Å². The van der Waals surface area contributed by atoms with E-state index in [0.29, 0.717) is 44.8 Å². The molecule has 4 aromatic rings. The highest BCUT2D eigenvalue weighted by molar-refractivity contribution is 9.10. The van der Waals surface area contributed by atoms with Crippen molar-refractivity contribution < 1.29 is 9.53 Å². The zero-order valence-corrected chi connectivity index (χ0v) is 20.8. The lowest BCUT2D eigenvalue weighted by Gasteiger charge is -2.09. The molecule has 0 aliphatic carbocycles. The summed E-state index contributed by atoms with van der Waals surface area (Å²) in [6, 6.07) is 20.4. The van der Waals surface area contributed by atoms with Gasteiger partial charge in [-0.2, -0.15) is 5.10 Å². The molecule has 0 saturated heterocycles. The number of nitrogens with zero attached hydrogens (tertiary/aromatic N) is 2. The molecular weight excluding hydrogens is 525 g/mol. The monoisotopic (exact) mass is 543 g/mol. The average molecular weight is 545 g/mol. The molecule has 3 aromatic carbocycles. The lowest BCUT2D eigenvalue weighted by atomic mass is 10.1. The van der Waals surface area contributed by atoms with Crippen LogP contribution in [0.15, 0.2) is 77.4 Å². The number of hydrogen-bond donors (Lipinski definition) is 1. The molecule has 4 rings (SSSR count). The number of rotatable bonds is 7. The lowest BCUT2D eigenvalue weighted by molar-refractivity contribution is 0.102.